The van der Waals surface area contributed by atoms with E-state index in [2.05, 4.69) is 29.3 Å². The Balaban J connectivity index is 0.000000151. The van der Waals surface area contributed by atoms with Crippen LogP contribution >= 0.6 is 0 Å². The van der Waals surface area contributed by atoms with E-state index in [9.17, 15) is 0 Å². The fourth-order valence-electron chi connectivity index (χ4n) is 2.82. The number of nitrogens with zero attached hydrogens (tertiary/aromatic N) is 4. The first-order valence-corrected chi connectivity index (χ1v) is 8.45. The first kappa shape index (κ1) is 17.5. The van der Waals surface area contributed by atoms with E-state index < -0.39 is 0 Å². The molecule has 0 bridgehead atoms. The Kier molecular flexibility index (Phi) is 5.17. The minimum absolute atomic E-state index is 0.716. The summed E-state index contributed by atoms with van der Waals surface area (Å²) in [6.07, 6.45) is 3.84. The summed E-state index contributed by atoms with van der Waals surface area (Å²) in [7, 11) is 3.81. The van der Waals surface area contributed by atoms with E-state index in [0.717, 1.165) is 17.0 Å². The summed E-state index contributed by atoms with van der Waals surface area (Å²) < 4.78 is 3.56. The van der Waals surface area contributed by atoms with E-state index in [4.69, 9.17) is 5.73 Å². The van der Waals surface area contributed by atoms with Crippen molar-refractivity contribution in [2.75, 3.05) is 5.73 Å². The predicted octanol–water partition coefficient (Wildman–Crippen LogP) is 4.06. The van der Waals surface area contributed by atoms with Crippen LogP contribution in [0.2, 0.25) is 0 Å². The fraction of sp³-hybridized carbons (Fsp3) is 0.143. The van der Waals surface area contributed by atoms with Crippen LogP contribution in [0.25, 0.3) is 22.5 Å². The van der Waals surface area contributed by atoms with E-state index >= 15 is 0 Å². The molecule has 132 valence electrons. The zero-order valence-electron chi connectivity index (χ0n) is 15.3. The highest BCUT2D eigenvalue weighted by Gasteiger charge is 2.05. The molecule has 0 atom stereocenters. The molecular weight excluding hydrogens is 322 g/mol. The summed E-state index contributed by atoms with van der Waals surface area (Å²) in [5, 5.41) is 8.67. The Hall–Kier alpha value is -3.34. The molecule has 26 heavy (non-hydrogen) atoms. The van der Waals surface area contributed by atoms with Crippen LogP contribution in [0.15, 0.2) is 73.1 Å². The van der Waals surface area contributed by atoms with Gasteiger partial charge in [-0.1, -0.05) is 60.7 Å². The van der Waals surface area contributed by atoms with Gasteiger partial charge in [-0.2, -0.15) is 10.2 Å². The minimum atomic E-state index is 0.716. The van der Waals surface area contributed by atoms with Gasteiger partial charge in [-0.05, 0) is 12.5 Å². The van der Waals surface area contributed by atoms with Crippen LogP contribution in [0.3, 0.4) is 0 Å². The van der Waals surface area contributed by atoms with Gasteiger partial charge in [0.05, 0.1) is 11.4 Å². The summed E-state index contributed by atoms with van der Waals surface area (Å²) in [6, 6.07) is 20.2. The number of hydrogen-bond acceptors (Lipinski definition) is 3. The molecule has 0 aliphatic heterocycles. The van der Waals surface area contributed by atoms with Crippen molar-refractivity contribution in [3.05, 3.63) is 78.6 Å². The topological polar surface area (TPSA) is 61.7 Å². The van der Waals surface area contributed by atoms with Crippen molar-refractivity contribution >= 4 is 5.69 Å². The summed E-state index contributed by atoms with van der Waals surface area (Å²) >= 11 is 0. The second-order valence-electron chi connectivity index (χ2n) is 6.17. The van der Waals surface area contributed by atoms with E-state index in [1.165, 1.54) is 11.1 Å². The van der Waals surface area contributed by atoms with Crippen molar-refractivity contribution in [3.8, 4) is 22.5 Å². The van der Waals surface area contributed by atoms with Crippen molar-refractivity contribution in [2.24, 2.45) is 14.1 Å². The van der Waals surface area contributed by atoms with Crippen molar-refractivity contribution < 1.29 is 0 Å². The van der Waals surface area contributed by atoms with Crippen LogP contribution < -0.4 is 5.73 Å². The molecule has 0 aliphatic carbocycles. The molecule has 0 fully saturated rings. The lowest BCUT2D eigenvalue weighted by molar-refractivity contribution is 0.770. The molecule has 2 aromatic heterocycles. The molecule has 5 nitrogen and oxygen atoms in total. The molecule has 4 rings (SSSR count). The number of aromatic nitrogens is 4. The molecule has 2 heterocycles. The Morgan fingerprint density at radius 2 is 1.15 bits per heavy atom. The molecule has 0 radical (unpaired) electrons. The van der Waals surface area contributed by atoms with Crippen LogP contribution in [0.1, 0.15) is 5.56 Å². The lowest BCUT2D eigenvalue weighted by Gasteiger charge is -1.96. The lowest BCUT2D eigenvalue weighted by atomic mass is 10.1. The van der Waals surface area contributed by atoms with E-state index in [-0.39, 0.29) is 0 Å². The van der Waals surface area contributed by atoms with Gasteiger partial charge in [0, 0.05) is 37.6 Å². The highest BCUT2D eigenvalue weighted by Crippen LogP contribution is 2.22. The zero-order chi connectivity index (χ0) is 18.5. The third kappa shape index (κ3) is 4.00. The zero-order valence-corrected chi connectivity index (χ0v) is 15.3. The van der Waals surface area contributed by atoms with Gasteiger partial charge in [0.25, 0.3) is 0 Å². The van der Waals surface area contributed by atoms with Gasteiger partial charge in [-0.15, -0.1) is 0 Å². The van der Waals surface area contributed by atoms with Gasteiger partial charge in [-0.25, -0.2) is 0 Å². The molecule has 4 aromatic rings. The average Bonchev–Trinajstić information content (AvgIpc) is 3.17. The number of anilines is 1. The van der Waals surface area contributed by atoms with Crippen LogP contribution in [0.5, 0.6) is 0 Å². The maximum Gasteiger partial charge on any atom is 0.115 e. The Bertz CT molecular complexity index is 887. The van der Waals surface area contributed by atoms with E-state index in [1.54, 1.807) is 4.68 Å². The van der Waals surface area contributed by atoms with Crippen LogP contribution in [0, 0.1) is 6.92 Å². The normalized spacial score (nSPS) is 10.3. The minimum Gasteiger partial charge on any atom is -0.396 e. The van der Waals surface area contributed by atoms with Crippen molar-refractivity contribution in [3.63, 3.8) is 0 Å². The average molecular weight is 345 g/mol. The Labute approximate surface area is 153 Å². The second kappa shape index (κ2) is 7.70. The number of aryl methyl sites for hydroxylation is 3. The van der Waals surface area contributed by atoms with Gasteiger partial charge < -0.3 is 5.73 Å². The van der Waals surface area contributed by atoms with Crippen molar-refractivity contribution in [1.29, 1.82) is 0 Å². The SMILES string of the molecule is Cc1cn(C)nc1-c1ccccc1.Cn1cc(N)c(-c2ccccc2)n1. The Morgan fingerprint density at radius 3 is 1.58 bits per heavy atom. The highest BCUT2D eigenvalue weighted by atomic mass is 15.3. The molecule has 5 heteroatoms. The molecule has 2 aromatic carbocycles. The molecule has 0 saturated heterocycles. The Morgan fingerprint density at radius 1 is 0.692 bits per heavy atom. The molecule has 0 unspecified atom stereocenters. The number of rotatable bonds is 2. The predicted molar refractivity (Wildman–Crippen MR) is 106 cm³/mol. The number of nitrogens with two attached hydrogens (primary N) is 1. The molecule has 0 aliphatic rings. The summed E-state index contributed by atoms with van der Waals surface area (Å²) in [5.74, 6) is 0. The van der Waals surface area contributed by atoms with Gasteiger partial charge >= 0.3 is 0 Å². The van der Waals surface area contributed by atoms with E-state index in [1.807, 2.05) is 79.7 Å². The fourth-order valence-corrected chi connectivity index (χ4v) is 2.82. The summed E-state index contributed by atoms with van der Waals surface area (Å²) in [5.41, 5.74) is 11.9. The highest BCUT2D eigenvalue weighted by molar-refractivity contribution is 5.71. The first-order chi connectivity index (χ1) is 12.5. The third-order valence-corrected chi connectivity index (χ3v) is 3.96. The molecule has 0 saturated carbocycles. The third-order valence-electron chi connectivity index (χ3n) is 3.96. The number of hydrogen-bond donors (Lipinski definition) is 1. The van der Waals surface area contributed by atoms with Crippen molar-refractivity contribution in [2.45, 2.75) is 6.92 Å². The first-order valence-electron chi connectivity index (χ1n) is 8.45. The van der Waals surface area contributed by atoms with Crippen LogP contribution in [0.4, 0.5) is 5.69 Å². The molecular formula is C21H23N5. The maximum absolute atomic E-state index is 5.79. The standard InChI is InChI=1S/C11H12N2.C10H11N3/c1-9-8-13(2)12-11(9)10-6-4-3-5-7-10;1-13-7-9(11)10(12-13)8-5-3-2-4-6-8/h3-8H,1-2H3;2-7H,11H2,1H3. The van der Waals surface area contributed by atoms with Gasteiger partial charge in [0.2, 0.25) is 0 Å². The maximum atomic E-state index is 5.79. The molecule has 2 N–H and O–H groups in total. The monoisotopic (exact) mass is 345 g/mol. The summed E-state index contributed by atoms with van der Waals surface area (Å²) in [4.78, 5) is 0. The smallest absolute Gasteiger partial charge is 0.115 e. The lowest BCUT2D eigenvalue weighted by Crippen LogP contribution is -1.87. The van der Waals surface area contributed by atoms with E-state index in [0.29, 0.717) is 5.69 Å². The van der Waals surface area contributed by atoms with Gasteiger partial charge in [0.15, 0.2) is 0 Å². The summed E-state index contributed by atoms with van der Waals surface area (Å²) in [6.45, 7) is 2.08. The quantitative estimate of drug-likeness (QED) is 0.596. The van der Waals surface area contributed by atoms with Crippen LogP contribution in [-0.2, 0) is 14.1 Å². The second-order valence-corrected chi connectivity index (χ2v) is 6.17. The van der Waals surface area contributed by atoms with Crippen LogP contribution in [-0.4, -0.2) is 19.6 Å². The van der Waals surface area contributed by atoms with Crippen molar-refractivity contribution in [1.82, 2.24) is 19.6 Å². The largest absolute Gasteiger partial charge is 0.396 e. The molecule has 0 spiro atoms. The number of benzene rings is 2. The number of nitrogen functional groups attached to an aromatic ring is 1. The van der Waals surface area contributed by atoms with Gasteiger partial charge in [0.1, 0.15) is 5.69 Å². The molecule has 0 amide bonds. The van der Waals surface area contributed by atoms with Gasteiger partial charge in [-0.3, -0.25) is 9.36 Å².